The first-order chi connectivity index (χ1) is 9.56. The highest BCUT2D eigenvalue weighted by Gasteiger charge is 2.24. The van der Waals surface area contributed by atoms with Crippen molar-refractivity contribution in [2.75, 3.05) is 0 Å². The monoisotopic (exact) mass is 295 g/mol. The highest BCUT2D eigenvalue weighted by atomic mass is 35.5. The number of benzene rings is 1. The van der Waals surface area contributed by atoms with Crippen molar-refractivity contribution >= 4 is 17.5 Å². The third kappa shape index (κ3) is 4.22. The molecule has 1 fully saturated rings. The van der Waals surface area contributed by atoms with Crippen molar-refractivity contribution in [3.05, 3.63) is 34.3 Å². The van der Waals surface area contributed by atoms with Crippen molar-refractivity contribution in [3.63, 3.8) is 0 Å². The molecule has 2 N–H and O–H groups in total. The first kappa shape index (κ1) is 15.3. The lowest BCUT2D eigenvalue weighted by Gasteiger charge is -2.28. The number of carbonyl (C=O) groups is 1. The molecule has 4 heteroatoms. The zero-order chi connectivity index (χ0) is 14.5. The number of amides is 1. The predicted octanol–water partition coefficient (Wildman–Crippen LogP) is 3.00. The standard InChI is InChI=1S/C16H22ClNO2/c1-11-6-7-12(10-13(11)17)8-9-16(20)18-14-4-2-3-5-15(14)19/h6-7,10,14-15,19H,2-5,8-9H2,1H3,(H,18,20)/t14-,15-/m0/s1. The van der Waals surface area contributed by atoms with Gasteiger partial charge in [-0.3, -0.25) is 4.79 Å². The summed E-state index contributed by atoms with van der Waals surface area (Å²) in [7, 11) is 0. The van der Waals surface area contributed by atoms with Crippen LogP contribution in [-0.4, -0.2) is 23.2 Å². The van der Waals surface area contributed by atoms with Crippen LogP contribution in [0.5, 0.6) is 0 Å². The van der Waals surface area contributed by atoms with E-state index in [0.717, 1.165) is 41.8 Å². The van der Waals surface area contributed by atoms with Gasteiger partial charge in [0.05, 0.1) is 12.1 Å². The molecular weight excluding hydrogens is 274 g/mol. The minimum absolute atomic E-state index is 0.00708. The van der Waals surface area contributed by atoms with Crippen molar-refractivity contribution in [2.45, 2.75) is 57.6 Å². The fourth-order valence-corrected chi connectivity index (χ4v) is 2.81. The van der Waals surface area contributed by atoms with Gasteiger partial charge >= 0.3 is 0 Å². The van der Waals surface area contributed by atoms with E-state index in [0.29, 0.717) is 12.8 Å². The maximum absolute atomic E-state index is 11.9. The van der Waals surface area contributed by atoms with Crippen LogP contribution < -0.4 is 5.32 Å². The largest absolute Gasteiger partial charge is 0.391 e. The van der Waals surface area contributed by atoms with Gasteiger partial charge in [-0.05, 0) is 43.4 Å². The number of halogens is 1. The molecule has 0 heterocycles. The van der Waals surface area contributed by atoms with Crippen LogP contribution in [0, 0.1) is 6.92 Å². The van der Waals surface area contributed by atoms with E-state index in [1.54, 1.807) is 0 Å². The third-order valence-corrected chi connectivity index (χ3v) is 4.36. The minimum atomic E-state index is -0.387. The maximum Gasteiger partial charge on any atom is 0.220 e. The maximum atomic E-state index is 11.9. The number of hydrogen-bond donors (Lipinski definition) is 2. The molecule has 1 saturated carbocycles. The van der Waals surface area contributed by atoms with E-state index in [9.17, 15) is 9.90 Å². The molecule has 1 aliphatic carbocycles. The average Bonchev–Trinajstić information content (AvgIpc) is 2.43. The van der Waals surface area contributed by atoms with Crippen LogP contribution in [0.25, 0.3) is 0 Å². The summed E-state index contributed by atoms with van der Waals surface area (Å²) >= 11 is 6.07. The van der Waals surface area contributed by atoms with Gasteiger partial charge in [0.1, 0.15) is 0 Å². The van der Waals surface area contributed by atoms with E-state index >= 15 is 0 Å². The van der Waals surface area contributed by atoms with Gasteiger partial charge in [-0.1, -0.05) is 36.6 Å². The van der Waals surface area contributed by atoms with Crippen LogP contribution in [-0.2, 0) is 11.2 Å². The summed E-state index contributed by atoms with van der Waals surface area (Å²) in [6.07, 6.45) is 4.52. The first-order valence-electron chi connectivity index (χ1n) is 7.28. The van der Waals surface area contributed by atoms with Gasteiger partial charge in [-0.25, -0.2) is 0 Å². The Morgan fingerprint density at radius 3 is 2.85 bits per heavy atom. The average molecular weight is 296 g/mol. The number of aliphatic hydroxyl groups excluding tert-OH is 1. The Hall–Kier alpha value is -1.06. The number of hydrogen-bond acceptors (Lipinski definition) is 2. The smallest absolute Gasteiger partial charge is 0.220 e. The molecule has 0 spiro atoms. The van der Waals surface area contributed by atoms with E-state index in [1.807, 2.05) is 25.1 Å². The molecule has 0 aliphatic heterocycles. The molecule has 3 nitrogen and oxygen atoms in total. The Kier molecular flexibility index (Phi) is 5.44. The van der Waals surface area contributed by atoms with Gasteiger partial charge in [-0.15, -0.1) is 0 Å². The fourth-order valence-electron chi connectivity index (χ4n) is 2.61. The van der Waals surface area contributed by atoms with E-state index in [4.69, 9.17) is 11.6 Å². The van der Waals surface area contributed by atoms with Crippen molar-refractivity contribution in [1.82, 2.24) is 5.32 Å². The van der Waals surface area contributed by atoms with Crippen LogP contribution in [0.1, 0.15) is 43.2 Å². The Morgan fingerprint density at radius 2 is 2.15 bits per heavy atom. The van der Waals surface area contributed by atoms with E-state index in [1.165, 1.54) is 0 Å². The van der Waals surface area contributed by atoms with Crippen LogP contribution in [0.4, 0.5) is 0 Å². The number of aliphatic hydroxyl groups is 1. The Bertz CT molecular complexity index is 476. The van der Waals surface area contributed by atoms with Gasteiger partial charge in [0.15, 0.2) is 0 Å². The van der Waals surface area contributed by atoms with E-state index in [2.05, 4.69) is 5.32 Å². The van der Waals surface area contributed by atoms with Crippen LogP contribution in [0.15, 0.2) is 18.2 Å². The summed E-state index contributed by atoms with van der Waals surface area (Å²) in [6.45, 7) is 1.96. The Morgan fingerprint density at radius 1 is 1.40 bits per heavy atom. The second kappa shape index (κ2) is 7.09. The number of aryl methyl sites for hydroxylation is 2. The van der Waals surface area contributed by atoms with E-state index in [-0.39, 0.29) is 18.1 Å². The zero-order valence-electron chi connectivity index (χ0n) is 11.9. The third-order valence-electron chi connectivity index (χ3n) is 3.95. The summed E-state index contributed by atoms with van der Waals surface area (Å²) in [4.78, 5) is 11.9. The molecule has 2 atom stereocenters. The lowest BCUT2D eigenvalue weighted by molar-refractivity contribution is -0.123. The predicted molar refractivity (Wildman–Crippen MR) is 80.9 cm³/mol. The molecule has 1 aliphatic rings. The van der Waals surface area contributed by atoms with Gasteiger partial charge in [0.25, 0.3) is 0 Å². The second-order valence-corrected chi connectivity index (χ2v) is 6.02. The normalized spacial score (nSPS) is 22.6. The van der Waals surface area contributed by atoms with Crippen molar-refractivity contribution in [2.24, 2.45) is 0 Å². The first-order valence-corrected chi connectivity index (χ1v) is 7.66. The summed E-state index contributed by atoms with van der Waals surface area (Å²) in [5, 5.41) is 13.5. The molecule has 0 saturated heterocycles. The van der Waals surface area contributed by atoms with Gasteiger partial charge in [0, 0.05) is 11.4 Å². The molecule has 0 radical (unpaired) electrons. The molecule has 20 heavy (non-hydrogen) atoms. The van der Waals surface area contributed by atoms with E-state index < -0.39 is 0 Å². The molecule has 110 valence electrons. The van der Waals surface area contributed by atoms with Crippen molar-refractivity contribution < 1.29 is 9.90 Å². The van der Waals surface area contributed by atoms with Crippen molar-refractivity contribution in [3.8, 4) is 0 Å². The highest BCUT2D eigenvalue weighted by Crippen LogP contribution is 2.19. The fraction of sp³-hybridized carbons (Fsp3) is 0.562. The molecule has 1 amide bonds. The molecule has 1 aromatic carbocycles. The topological polar surface area (TPSA) is 49.3 Å². The van der Waals surface area contributed by atoms with Gasteiger partial charge < -0.3 is 10.4 Å². The Labute approximate surface area is 125 Å². The molecule has 0 aromatic heterocycles. The molecule has 1 aromatic rings. The second-order valence-electron chi connectivity index (χ2n) is 5.61. The molecule has 2 rings (SSSR count). The summed E-state index contributed by atoms with van der Waals surface area (Å²) in [5.41, 5.74) is 2.12. The summed E-state index contributed by atoms with van der Waals surface area (Å²) in [6, 6.07) is 5.82. The van der Waals surface area contributed by atoms with Crippen LogP contribution >= 0.6 is 11.6 Å². The molecule has 0 unspecified atom stereocenters. The van der Waals surface area contributed by atoms with Crippen molar-refractivity contribution in [1.29, 1.82) is 0 Å². The Balaban J connectivity index is 1.81. The minimum Gasteiger partial charge on any atom is -0.391 e. The quantitative estimate of drug-likeness (QED) is 0.897. The molecule has 0 bridgehead atoms. The SMILES string of the molecule is Cc1ccc(CCC(=O)N[C@H]2CCCC[C@@H]2O)cc1Cl. The number of nitrogens with one attached hydrogen (secondary N) is 1. The van der Waals surface area contributed by atoms with Gasteiger partial charge in [0.2, 0.25) is 5.91 Å². The lowest BCUT2D eigenvalue weighted by Crippen LogP contribution is -2.45. The number of carbonyl (C=O) groups excluding carboxylic acids is 1. The summed E-state index contributed by atoms with van der Waals surface area (Å²) in [5.74, 6) is 0.00708. The molecular formula is C16H22ClNO2. The van der Waals surface area contributed by atoms with Gasteiger partial charge in [-0.2, -0.15) is 0 Å². The lowest BCUT2D eigenvalue weighted by atomic mass is 9.92. The number of rotatable bonds is 4. The zero-order valence-corrected chi connectivity index (χ0v) is 12.6. The summed E-state index contributed by atoms with van der Waals surface area (Å²) < 4.78 is 0. The highest BCUT2D eigenvalue weighted by molar-refractivity contribution is 6.31. The van der Waals surface area contributed by atoms with Crippen LogP contribution in [0.2, 0.25) is 5.02 Å². The van der Waals surface area contributed by atoms with Crippen LogP contribution in [0.3, 0.4) is 0 Å².